The van der Waals surface area contributed by atoms with Crippen molar-refractivity contribution >= 4 is 50.7 Å². The Balaban J connectivity index is 0.000000360. The first-order chi connectivity index (χ1) is 26.3. The SMILES string of the molecule is C[C](C)=[Ti+2].C[C](C)=[Ti+2].Cc1[cH-]c2cccc(C)c2c1C.Cc1[cH-]c2cccc(C)c2c1C.Cc1[cH-]c2cccc(C)c2c1C.Cc1[cH-]c2cccc(C)c2c1C.[Cl-].[Cl-]. The first-order valence-electron chi connectivity index (χ1n) is 19.8. The van der Waals surface area contributed by atoms with Gasteiger partial charge < -0.3 is 24.8 Å². The third-order valence-corrected chi connectivity index (χ3v) is 10.6. The van der Waals surface area contributed by atoms with Crippen molar-refractivity contribution in [2.75, 3.05) is 0 Å². The molecule has 0 saturated carbocycles. The summed E-state index contributed by atoms with van der Waals surface area (Å²) in [6.07, 6.45) is 0. The van der Waals surface area contributed by atoms with Crippen molar-refractivity contribution in [3.05, 3.63) is 164 Å². The van der Waals surface area contributed by atoms with Gasteiger partial charge in [0, 0.05) is 0 Å². The standard InChI is InChI=1S/4C12H13.2C3H6.2ClH.2Ti/c4*1-8-5-4-6-11-7-9(2)10(3)12(8)11;2*1-3-2;;;;/h4*4-7H,1-3H3;2*1-2H3;2*1H;;/q4*-1;;;;;2*+2/p-2. The van der Waals surface area contributed by atoms with Gasteiger partial charge in [-0.15, -0.1) is 138 Å². The number of rotatable bonds is 0. The van der Waals surface area contributed by atoms with Crippen molar-refractivity contribution in [1.29, 1.82) is 0 Å². The molecule has 0 bridgehead atoms. The molecule has 8 aromatic carbocycles. The first kappa shape index (κ1) is 53.1. The molecule has 0 aromatic heterocycles. The Morgan fingerprint density at radius 1 is 0.328 bits per heavy atom. The summed E-state index contributed by atoms with van der Waals surface area (Å²) in [4.78, 5) is 0. The second-order valence-corrected chi connectivity index (χ2v) is 19.1. The van der Waals surface area contributed by atoms with Gasteiger partial charge in [-0.1, -0.05) is 102 Å². The molecule has 0 N–H and O–H groups in total. The van der Waals surface area contributed by atoms with Crippen LogP contribution in [0, 0.1) is 83.1 Å². The van der Waals surface area contributed by atoms with Gasteiger partial charge in [0.25, 0.3) is 0 Å². The third-order valence-electron chi connectivity index (χ3n) is 10.6. The number of aryl methyl sites for hydroxylation is 12. The van der Waals surface area contributed by atoms with Crippen LogP contribution in [0.1, 0.15) is 94.5 Å². The molecule has 0 radical (unpaired) electrons. The summed E-state index contributed by atoms with van der Waals surface area (Å²) in [6.45, 7) is 34.5. The normalized spacial score (nSPS) is 10.0. The van der Waals surface area contributed by atoms with E-state index in [-0.39, 0.29) is 24.8 Å². The van der Waals surface area contributed by atoms with E-state index >= 15 is 0 Å². The second-order valence-electron chi connectivity index (χ2n) is 16.0. The van der Waals surface area contributed by atoms with Crippen LogP contribution < -0.4 is 24.8 Å². The van der Waals surface area contributed by atoms with Crippen molar-refractivity contribution in [2.45, 2.75) is 111 Å². The summed E-state index contributed by atoms with van der Waals surface area (Å²) in [5, 5.41) is 11.3. The summed E-state index contributed by atoms with van der Waals surface area (Å²) in [6, 6.07) is 35.0. The minimum Gasteiger partial charge on any atom is -1.00 e. The molecule has 0 aliphatic heterocycles. The molecule has 0 amide bonds. The molecular weight excluding hydrogens is 815 g/mol. The van der Waals surface area contributed by atoms with Crippen molar-refractivity contribution in [2.24, 2.45) is 0 Å². The fourth-order valence-corrected chi connectivity index (χ4v) is 7.45. The number of hydrogen-bond donors (Lipinski definition) is 0. The molecule has 4 heteroatoms. The minimum atomic E-state index is 0. The average molecular weight is 880 g/mol. The number of benzene rings is 4. The maximum absolute atomic E-state index is 2.26. The molecule has 0 atom stereocenters. The zero-order valence-electron chi connectivity index (χ0n) is 38.0. The van der Waals surface area contributed by atoms with E-state index in [1.165, 1.54) is 117 Å². The summed E-state index contributed by atoms with van der Waals surface area (Å²) in [5.74, 6) is 0. The smallest absolute Gasteiger partial charge is 0.0488 e. The molecule has 0 saturated heterocycles. The van der Waals surface area contributed by atoms with E-state index in [0.29, 0.717) is 0 Å². The summed E-state index contributed by atoms with van der Waals surface area (Å²) in [7, 11) is 0. The van der Waals surface area contributed by atoms with Crippen LogP contribution in [0.3, 0.4) is 0 Å². The van der Waals surface area contributed by atoms with Crippen LogP contribution in [-0.4, -0.2) is 7.62 Å². The van der Waals surface area contributed by atoms with E-state index in [0.717, 1.165) is 0 Å². The van der Waals surface area contributed by atoms with Gasteiger partial charge in [0.15, 0.2) is 0 Å². The van der Waals surface area contributed by atoms with Crippen molar-refractivity contribution in [1.82, 2.24) is 0 Å². The van der Waals surface area contributed by atoms with Gasteiger partial charge in [-0.25, -0.2) is 0 Å². The fraction of sp³-hybridized carbons (Fsp3) is 0.296. The van der Waals surface area contributed by atoms with Gasteiger partial charge in [0.05, 0.1) is 0 Å². The molecule has 58 heavy (non-hydrogen) atoms. The first-order valence-corrected chi connectivity index (χ1v) is 21.3. The molecule has 0 nitrogen and oxygen atoms in total. The molecule has 8 rings (SSSR count). The number of hydrogen-bond acceptors (Lipinski definition) is 0. The maximum Gasteiger partial charge on any atom is -0.0488 e. The quantitative estimate of drug-likeness (QED) is 0.105. The second kappa shape index (κ2) is 24.4. The van der Waals surface area contributed by atoms with Crippen molar-refractivity contribution in [3.8, 4) is 0 Å². The Morgan fingerprint density at radius 2 is 0.483 bits per heavy atom. The zero-order chi connectivity index (χ0) is 42.0. The molecule has 8 aromatic rings. The molecule has 0 aliphatic rings. The van der Waals surface area contributed by atoms with Gasteiger partial charge in [0.1, 0.15) is 0 Å². The average Bonchev–Trinajstić information content (AvgIpc) is 3.79. The van der Waals surface area contributed by atoms with Crippen LogP contribution >= 0.6 is 0 Å². The molecular formula is C54H64Cl2Ti2-2. The largest absolute Gasteiger partial charge is 1.00 e. The van der Waals surface area contributed by atoms with Gasteiger partial charge in [0.2, 0.25) is 0 Å². The van der Waals surface area contributed by atoms with Gasteiger partial charge in [-0.3, -0.25) is 0 Å². The van der Waals surface area contributed by atoms with E-state index in [9.17, 15) is 0 Å². The van der Waals surface area contributed by atoms with E-state index in [4.69, 9.17) is 0 Å². The molecule has 0 unspecified atom stereocenters. The van der Waals surface area contributed by atoms with E-state index in [2.05, 4.69) is 248 Å². The summed E-state index contributed by atoms with van der Waals surface area (Å²) < 4.78 is 2.83. The molecule has 0 spiro atoms. The minimum absolute atomic E-state index is 0. The van der Waals surface area contributed by atoms with Gasteiger partial charge in [-0.05, 0) is 27.7 Å². The van der Waals surface area contributed by atoms with Crippen LogP contribution in [-0.2, 0) is 39.9 Å². The molecule has 304 valence electrons. The summed E-state index contributed by atoms with van der Waals surface area (Å²) in [5.41, 5.74) is 16.9. The molecule has 0 aliphatic carbocycles. The molecule has 0 heterocycles. The van der Waals surface area contributed by atoms with E-state index in [1.807, 2.05) is 0 Å². The Hall–Kier alpha value is -2.93. The Morgan fingerprint density at radius 3 is 0.621 bits per heavy atom. The van der Waals surface area contributed by atoms with Gasteiger partial charge >= 0.3 is 75.3 Å². The van der Waals surface area contributed by atoms with Crippen LogP contribution in [0.4, 0.5) is 0 Å². The predicted octanol–water partition coefficient (Wildman–Crippen LogP) is 9.43. The van der Waals surface area contributed by atoms with Crippen LogP contribution in [0.2, 0.25) is 0 Å². The van der Waals surface area contributed by atoms with Gasteiger partial charge in [-0.2, -0.15) is 22.3 Å². The fourth-order valence-electron chi connectivity index (χ4n) is 7.45. The number of halogens is 2. The van der Waals surface area contributed by atoms with E-state index < -0.39 is 0 Å². The topological polar surface area (TPSA) is 0 Å². The molecule has 0 fully saturated rings. The van der Waals surface area contributed by atoms with Crippen LogP contribution in [0.5, 0.6) is 0 Å². The van der Waals surface area contributed by atoms with Crippen molar-refractivity contribution in [3.63, 3.8) is 0 Å². The predicted molar refractivity (Wildman–Crippen MR) is 248 cm³/mol. The Bertz CT molecular complexity index is 2220. The number of fused-ring (bicyclic) bond motifs is 4. The van der Waals surface area contributed by atoms with Crippen molar-refractivity contribution < 1.29 is 64.8 Å². The maximum atomic E-state index is 2.26. The summed E-state index contributed by atoms with van der Waals surface area (Å²) >= 11 is 4.17. The van der Waals surface area contributed by atoms with E-state index in [1.54, 1.807) is 0 Å². The van der Waals surface area contributed by atoms with Crippen LogP contribution in [0.15, 0.2) is 97.1 Å². The van der Waals surface area contributed by atoms with Crippen LogP contribution in [0.25, 0.3) is 43.1 Å². The Kier molecular flexibility index (Phi) is 22.3. The third kappa shape index (κ3) is 14.1. The monoisotopic (exact) mass is 878 g/mol. The zero-order valence-corrected chi connectivity index (χ0v) is 42.6. The Labute approximate surface area is 386 Å².